The molecule has 0 aromatic heterocycles. The van der Waals surface area contributed by atoms with Crippen LogP contribution in [0.5, 0.6) is 0 Å². The molecule has 0 aliphatic carbocycles. The third-order valence-corrected chi connectivity index (χ3v) is 10.5. The molecule has 0 radical (unpaired) electrons. The summed E-state index contributed by atoms with van der Waals surface area (Å²) in [5.41, 5.74) is 5.38. The van der Waals surface area contributed by atoms with E-state index in [1.165, 1.54) is 32.1 Å². The minimum absolute atomic E-state index is 0.0824. The average Bonchev–Trinajstić information content (AvgIpc) is 3.29. The maximum atomic E-state index is 12.6. The zero-order chi connectivity index (χ0) is 46.5. The van der Waals surface area contributed by atoms with Crippen LogP contribution in [-0.4, -0.2) is 49.9 Å². The Morgan fingerprint density at radius 3 is 1.23 bits per heavy atom. The van der Waals surface area contributed by atoms with E-state index in [2.05, 4.69) is 148 Å². The van der Waals surface area contributed by atoms with Gasteiger partial charge in [0.25, 0.3) is 0 Å². The maximum absolute atomic E-state index is 12.6. The lowest BCUT2D eigenvalue weighted by Gasteiger charge is -2.20. The van der Waals surface area contributed by atoms with Gasteiger partial charge < -0.3 is 20.1 Å². The molecule has 0 aliphatic rings. The van der Waals surface area contributed by atoms with Crippen LogP contribution in [0.3, 0.4) is 0 Å². The molecule has 0 aliphatic heterocycles. The van der Waals surface area contributed by atoms with Crippen LogP contribution in [0.15, 0.2) is 134 Å². The first kappa shape index (κ1) is 60.6. The fraction of sp³-hybridized carbons (Fsp3) is 0.582. The Morgan fingerprint density at radius 2 is 0.828 bits per heavy atom. The van der Waals surface area contributed by atoms with Crippen LogP contribution < -0.4 is 5.73 Å². The minimum atomic E-state index is -4.31. The van der Waals surface area contributed by atoms with Gasteiger partial charge in [0.1, 0.15) is 6.10 Å². The van der Waals surface area contributed by atoms with E-state index < -0.39 is 13.9 Å². The molecule has 0 fully saturated rings. The highest BCUT2D eigenvalue weighted by Gasteiger charge is 2.25. The Morgan fingerprint density at radius 1 is 0.469 bits per heavy atom. The number of unbranched alkanes of at least 4 members (excludes halogenated alkanes) is 10. The molecule has 0 amide bonds. The molecule has 2 unspecified atom stereocenters. The summed E-state index contributed by atoms with van der Waals surface area (Å²) in [5.74, 6) is -0.381. The smallest absolute Gasteiger partial charge is 0.457 e. The summed E-state index contributed by atoms with van der Waals surface area (Å²) in [4.78, 5) is 22.6. The van der Waals surface area contributed by atoms with Gasteiger partial charge in [-0.25, -0.2) is 4.57 Å². The Bertz CT molecular complexity index is 1440. The number of phosphoric acid groups is 1. The number of phosphoric ester groups is 1. The van der Waals surface area contributed by atoms with E-state index in [1.807, 2.05) is 0 Å². The maximum Gasteiger partial charge on any atom is 0.472 e. The van der Waals surface area contributed by atoms with E-state index in [1.54, 1.807) is 0 Å². The predicted molar refractivity (Wildman–Crippen MR) is 274 cm³/mol. The van der Waals surface area contributed by atoms with Gasteiger partial charge in [0.05, 0.1) is 19.8 Å². The van der Waals surface area contributed by atoms with Gasteiger partial charge in [0.15, 0.2) is 0 Å². The van der Waals surface area contributed by atoms with Crippen LogP contribution in [-0.2, 0) is 27.9 Å². The lowest BCUT2D eigenvalue weighted by molar-refractivity contribution is -0.154. The van der Waals surface area contributed by atoms with Gasteiger partial charge in [0.2, 0.25) is 0 Å². The normalized spacial score (nSPS) is 14.5. The molecule has 2 atom stereocenters. The molecule has 0 heterocycles. The van der Waals surface area contributed by atoms with Crippen molar-refractivity contribution in [3.8, 4) is 0 Å². The summed E-state index contributed by atoms with van der Waals surface area (Å²) in [6.07, 6.45) is 72.0. The molecule has 3 N–H and O–H groups in total. The highest BCUT2D eigenvalue weighted by Crippen LogP contribution is 2.43. The summed E-state index contributed by atoms with van der Waals surface area (Å²) in [7, 11) is -4.31. The predicted octanol–water partition coefficient (Wildman–Crippen LogP) is 15.5. The van der Waals surface area contributed by atoms with Crippen LogP contribution in [0.2, 0.25) is 0 Å². The zero-order valence-electron chi connectivity index (χ0n) is 40.2. The number of ether oxygens (including phenoxy) is 2. The van der Waals surface area contributed by atoms with Crippen molar-refractivity contribution in [3.05, 3.63) is 134 Å². The summed E-state index contributed by atoms with van der Waals surface area (Å²) >= 11 is 0. The molecule has 0 aromatic rings. The highest BCUT2D eigenvalue weighted by atomic mass is 31.2. The van der Waals surface area contributed by atoms with Crippen LogP contribution in [0.1, 0.15) is 168 Å². The minimum Gasteiger partial charge on any atom is -0.457 e. The monoisotopic (exact) mass is 908 g/mol. The van der Waals surface area contributed by atoms with Crippen LogP contribution in [0.25, 0.3) is 0 Å². The number of allylic oxidation sites excluding steroid dienone is 22. The molecule has 9 heteroatoms. The fourth-order valence-corrected chi connectivity index (χ4v) is 6.79. The summed E-state index contributed by atoms with van der Waals surface area (Å²) in [5, 5.41) is 0. The number of carbonyl (C=O) groups excluding carboxylic acids is 1. The first-order valence-electron chi connectivity index (χ1n) is 24.7. The molecule has 362 valence electrons. The Balaban J connectivity index is 4.11. The lowest BCUT2D eigenvalue weighted by Crippen LogP contribution is -2.28. The van der Waals surface area contributed by atoms with E-state index in [0.29, 0.717) is 13.0 Å². The number of hydrogen-bond acceptors (Lipinski definition) is 7. The van der Waals surface area contributed by atoms with Gasteiger partial charge >= 0.3 is 13.8 Å². The van der Waals surface area contributed by atoms with E-state index >= 15 is 0 Å². The Kier molecular flexibility index (Phi) is 48.0. The van der Waals surface area contributed by atoms with Gasteiger partial charge in [0, 0.05) is 19.6 Å². The van der Waals surface area contributed by atoms with Crippen molar-refractivity contribution in [2.45, 2.75) is 174 Å². The molecule has 8 nitrogen and oxygen atoms in total. The number of hydrogen-bond donors (Lipinski definition) is 2. The van der Waals surface area contributed by atoms with Crippen LogP contribution in [0, 0.1) is 0 Å². The summed E-state index contributed by atoms with van der Waals surface area (Å²) < 4.78 is 33.5. The van der Waals surface area contributed by atoms with Crippen molar-refractivity contribution in [3.63, 3.8) is 0 Å². The molecular weight excluding hydrogens is 818 g/mol. The molecule has 0 spiro atoms. The lowest BCUT2D eigenvalue weighted by atomic mass is 10.1. The Hall–Kier alpha value is -3.36. The third-order valence-electron chi connectivity index (χ3n) is 9.56. The summed E-state index contributed by atoms with van der Waals surface area (Å²) in [6, 6.07) is 0. The number of nitrogens with two attached hydrogens (primary N) is 1. The van der Waals surface area contributed by atoms with Gasteiger partial charge in [-0.05, 0) is 109 Å². The number of carbonyl (C=O) groups is 1. The Labute approximate surface area is 391 Å². The van der Waals surface area contributed by atoms with Crippen LogP contribution >= 0.6 is 7.82 Å². The summed E-state index contributed by atoms with van der Waals surface area (Å²) in [6.45, 7) is 4.58. The van der Waals surface area contributed by atoms with E-state index in [9.17, 15) is 14.3 Å². The zero-order valence-corrected chi connectivity index (χ0v) is 41.1. The van der Waals surface area contributed by atoms with Gasteiger partial charge in [-0.1, -0.05) is 186 Å². The second-order valence-electron chi connectivity index (χ2n) is 15.6. The largest absolute Gasteiger partial charge is 0.472 e. The van der Waals surface area contributed by atoms with Crippen LogP contribution in [0.4, 0.5) is 0 Å². The van der Waals surface area contributed by atoms with Crippen molar-refractivity contribution < 1.29 is 32.8 Å². The first-order valence-corrected chi connectivity index (χ1v) is 26.2. The molecule has 0 bridgehead atoms. The molecule has 64 heavy (non-hydrogen) atoms. The van der Waals surface area contributed by atoms with Gasteiger partial charge in [-0.15, -0.1) is 0 Å². The van der Waals surface area contributed by atoms with E-state index in [4.69, 9.17) is 24.3 Å². The SMILES string of the molecule is CC/C=C\C/C=C\C/C=C\C/C=C\C/C=C\C/C=C\CCCCC(=O)OC(COCCCCCCCCCC/C=C\C/C=C\C/C=C\C/C=C\C/C=C\CC)COP(=O)(O)OCCN. The number of rotatable bonds is 45. The molecule has 0 rings (SSSR count). The topological polar surface area (TPSA) is 117 Å². The van der Waals surface area contributed by atoms with Crippen molar-refractivity contribution in [1.82, 2.24) is 0 Å². The molecule has 0 saturated carbocycles. The third kappa shape index (κ3) is 49.7. The molecule has 0 saturated heterocycles. The molecule has 0 aromatic carbocycles. The van der Waals surface area contributed by atoms with Crippen molar-refractivity contribution >= 4 is 13.8 Å². The quantitative estimate of drug-likeness (QED) is 0.0268. The second-order valence-corrected chi connectivity index (χ2v) is 17.0. The van der Waals surface area contributed by atoms with E-state index in [-0.39, 0.29) is 38.8 Å². The van der Waals surface area contributed by atoms with Gasteiger partial charge in [-0.2, -0.15) is 0 Å². The molecular formula is C55H90NO7P. The number of esters is 1. The second kappa shape index (κ2) is 50.6. The average molecular weight is 908 g/mol. The highest BCUT2D eigenvalue weighted by molar-refractivity contribution is 7.47. The van der Waals surface area contributed by atoms with Crippen molar-refractivity contribution in [1.29, 1.82) is 0 Å². The van der Waals surface area contributed by atoms with Crippen molar-refractivity contribution in [2.24, 2.45) is 5.73 Å². The first-order chi connectivity index (χ1) is 31.4. The standard InChI is InChI=1S/C55H90NO7P/c1-3-5-7-9-11-13-15-17-19-21-23-25-26-27-29-31-33-35-37-39-41-43-45-47-50-60-52-54(53-62-64(58,59)61-51-49-56)63-55(57)48-46-44-42-40-38-36-34-32-30-28-24-22-20-18-16-14-12-10-8-6-4-2/h5-8,11-14,17-20,23-25,27-29,32,34,38,40,54H,3-4,9-10,15-16,21-22,26,30-31,33,35-37,39,41-53,56H2,1-2H3,(H,58,59)/b7-5-,8-6-,13-11-,14-12-,19-17-,20-18-,25-23-,28-24-,29-27-,34-32-,40-38-. The van der Waals surface area contributed by atoms with Gasteiger partial charge in [-0.3, -0.25) is 13.8 Å². The van der Waals surface area contributed by atoms with E-state index in [0.717, 1.165) is 109 Å². The van der Waals surface area contributed by atoms with Crippen molar-refractivity contribution in [2.75, 3.05) is 33.0 Å². The fourth-order valence-electron chi connectivity index (χ4n) is 6.03.